The predicted molar refractivity (Wildman–Crippen MR) is 92.4 cm³/mol. The molecule has 0 aromatic heterocycles. The number of benzene rings is 1. The number of amides is 1. The van der Waals surface area contributed by atoms with Gasteiger partial charge in [0.05, 0.1) is 5.56 Å². The molecule has 1 amide bonds. The van der Waals surface area contributed by atoms with Crippen molar-refractivity contribution in [2.45, 2.75) is 44.3 Å². The topological polar surface area (TPSA) is 41.1 Å². The molecule has 0 radical (unpaired) electrons. The molecule has 0 atom stereocenters. The average Bonchev–Trinajstić information content (AvgIpc) is 2.95. The molecule has 3 nitrogen and oxygen atoms in total. The number of thioether (sulfide) groups is 1. The van der Waals surface area contributed by atoms with Gasteiger partial charge in [-0.3, -0.25) is 4.79 Å². The molecule has 4 heteroatoms. The van der Waals surface area contributed by atoms with Gasteiger partial charge in [0, 0.05) is 23.5 Å². The third-order valence-corrected chi connectivity index (χ3v) is 5.72. The molecule has 2 N–H and O–H groups in total. The first-order valence-electron chi connectivity index (χ1n) is 7.78. The van der Waals surface area contributed by atoms with E-state index in [1.807, 2.05) is 43.8 Å². The average molecular weight is 306 g/mol. The number of rotatable bonds is 6. The first-order valence-corrected chi connectivity index (χ1v) is 9.00. The van der Waals surface area contributed by atoms with Crippen LogP contribution in [0.5, 0.6) is 0 Å². The van der Waals surface area contributed by atoms with Crippen LogP contribution in [0.4, 0.5) is 5.69 Å². The highest BCUT2D eigenvalue weighted by Gasteiger charge is 2.33. The number of hydrogen-bond acceptors (Lipinski definition) is 3. The monoisotopic (exact) mass is 306 g/mol. The fourth-order valence-electron chi connectivity index (χ4n) is 3.00. The molecule has 21 heavy (non-hydrogen) atoms. The minimum atomic E-state index is 0.0336. The van der Waals surface area contributed by atoms with E-state index >= 15 is 0 Å². The molecule has 0 aliphatic heterocycles. The lowest BCUT2D eigenvalue weighted by Crippen LogP contribution is -2.38. The van der Waals surface area contributed by atoms with Crippen molar-refractivity contribution in [1.29, 1.82) is 0 Å². The van der Waals surface area contributed by atoms with Crippen LogP contribution in [0.25, 0.3) is 0 Å². The van der Waals surface area contributed by atoms with E-state index in [1.165, 1.54) is 31.2 Å². The summed E-state index contributed by atoms with van der Waals surface area (Å²) in [5.41, 5.74) is 2.84. The molecule has 1 aromatic carbocycles. The maximum Gasteiger partial charge on any atom is 0.253 e. The van der Waals surface area contributed by atoms with E-state index in [2.05, 4.69) is 16.9 Å². The second kappa shape index (κ2) is 7.21. The normalized spacial score (nSPS) is 16.7. The largest absolute Gasteiger partial charge is 0.385 e. The smallest absolute Gasteiger partial charge is 0.253 e. The number of nitrogens with one attached hydrogen (secondary N) is 2. The van der Waals surface area contributed by atoms with Gasteiger partial charge in [0.25, 0.3) is 5.91 Å². The molecular formula is C17H26N2OS. The highest BCUT2D eigenvalue weighted by atomic mass is 32.2. The molecule has 116 valence electrons. The number of hydrogen-bond donors (Lipinski definition) is 2. The number of carbonyl (C=O) groups excluding carboxylic acids is 1. The van der Waals surface area contributed by atoms with Gasteiger partial charge >= 0.3 is 0 Å². The Morgan fingerprint density at radius 2 is 2.05 bits per heavy atom. The SMILES string of the molecule is CCNc1cc(C)ccc1C(=O)NCC1(SC)CCCC1. The van der Waals surface area contributed by atoms with Crippen LogP contribution in [0.1, 0.15) is 48.5 Å². The lowest BCUT2D eigenvalue weighted by molar-refractivity contribution is 0.0950. The van der Waals surface area contributed by atoms with Crippen molar-refractivity contribution >= 4 is 23.4 Å². The van der Waals surface area contributed by atoms with Crippen molar-refractivity contribution in [1.82, 2.24) is 5.32 Å². The van der Waals surface area contributed by atoms with E-state index in [0.29, 0.717) is 0 Å². The Morgan fingerprint density at radius 1 is 1.33 bits per heavy atom. The Labute approximate surface area is 132 Å². The van der Waals surface area contributed by atoms with E-state index in [0.717, 1.165) is 24.3 Å². The Balaban J connectivity index is 2.06. The predicted octanol–water partition coefficient (Wildman–Crippen LogP) is 3.83. The van der Waals surface area contributed by atoms with Gasteiger partial charge in [-0.25, -0.2) is 0 Å². The Hall–Kier alpha value is -1.16. The summed E-state index contributed by atoms with van der Waals surface area (Å²) in [5, 5.41) is 6.43. The zero-order valence-electron chi connectivity index (χ0n) is 13.3. The summed E-state index contributed by atoms with van der Waals surface area (Å²) >= 11 is 1.90. The van der Waals surface area contributed by atoms with Crippen LogP contribution in [0, 0.1) is 6.92 Å². The van der Waals surface area contributed by atoms with E-state index in [4.69, 9.17) is 0 Å². The molecule has 1 aliphatic carbocycles. The van der Waals surface area contributed by atoms with E-state index < -0.39 is 0 Å². The molecule has 1 aromatic rings. The zero-order valence-corrected chi connectivity index (χ0v) is 14.1. The summed E-state index contributed by atoms with van der Waals surface area (Å²) < 4.78 is 0.249. The Kier molecular flexibility index (Phi) is 5.57. The summed E-state index contributed by atoms with van der Waals surface area (Å²) in [6, 6.07) is 5.96. The first-order chi connectivity index (χ1) is 10.1. The lowest BCUT2D eigenvalue weighted by atomic mass is 10.1. The molecule has 0 spiro atoms. The maximum absolute atomic E-state index is 12.5. The minimum absolute atomic E-state index is 0.0336. The maximum atomic E-state index is 12.5. The summed E-state index contributed by atoms with van der Waals surface area (Å²) in [7, 11) is 0. The quantitative estimate of drug-likeness (QED) is 0.839. The van der Waals surface area contributed by atoms with Gasteiger partial charge in [-0.05, 0) is 50.6 Å². The van der Waals surface area contributed by atoms with Gasteiger partial charge in [0.15, 0.2) is 0 Å². The summed E-state index contributed by atoms with van der Waals surface area (Å²) in [6.07, 6.45) is 7.14. The second-order valence-electron chi connectivity index (χ2n) is 5.86. The third kappa shape index (κ3) is 3.94. The van der Waals surface area contributed by atoms with Crippen molar-refractivity contribution in [2.24, 2.45) is 0 Å². The molecule has 0 bridgehead atoms. The van der Waals surface area contributed by atoms with Gasteiger partial charge in [-0.2, -0.15) is 11.8 Å². The first kappa shape index (κ1) is 16.2. The van der Waals surface area contributed by atoms with Crippen molar-refractivity contribution in [3.8, 4) is 0 Å². The van der Waals surface area contributed by atoms with Crippen molar-refractivity contribution in [2.75, 3.05) is 24.7 Å². The van der Waals surface area contributed by atoms with Crippen molar-refractivity contribution in [3.05, 3.63) is 29.3 Å². The van der Waals surface area contributed by atoms with E-state index in [-0.39, 0.29) is 10.7 Å². The van der Waals surface area contributed by atoms with Gasteiger partial charge in [-0.1, -0.05) is 18.9 Å². The number of aryl methyl sites for hydroxylation is 1. The van der Waals surface area contributed by atoms with E-state index in [9.17, 15) is 4.79 Å². The lowest BCUT2D eigenvalue weighted by Gasteiger charge is -2.27. The van der Waals surface area contributed by atoms with E-state index in [1.54, 1.807) is 0 Å². The molecular weight excluding hydrogens is 280 g/mol. The fraction of sp³-hybridized carbons (Fsp3) is 0.588. The van der Waals surface area contributed by atoms with Crippen LogP contribution in [0.15, 0.2) is 18.2 Å². The molecule has 0 unspecified atom stereocenters. The van der Waals surface area contributed by atoms with Gasteiger partial charge in [0.1, 0.15) is 0 Å². The van der Waals surface area contributed by atoms with Crippen LogP contribution in [-0.2, 0) is 0 Å². The molecule has 0 heterocycles. The van der Waals surface area contributed by atoms with Gasteiger partial charge in [-0.15, -0.1) is 0 Å². The summed E-state index contributed by atoms with van der Waals surface area (Å²) in [4.78, 5) is 12.5. The Bertz CT molecular complexity index is 496. The van der Waals surface area contributed by atoms with Gasteiger partial charge < -0.3 is 10.6 Å². The summed E-state index contributed by atoms with van der Waals surface area (Å²) in [6.45, 7) is 5.68. The zero-order chi connectivity index (χ0) is 15.3. The summed E-state index contributed by atoms with van der Waals surface area (Å²) in [5.74, 6) is 0.0336. The van der Waals surface area contributed by atoms with Crippen LogP contribution >= 0.6 is 11.8 Å². The Morgan fingerprint density at radius 3 is 2.67 bits per heavy atom. The fourth-order valence-corrected chi connectivity index (χ4v) is 3.92. The van der Waals surface area contributed by atoms with Crippen molar-refractivity contribution < 1.29 is 4.79 Å². The van der Waals surface area contributed by atoms with Crippen LogP contribution in [0.3, 0.4) is 0 Å². The number of anilines is 1. The highest BCUT2D eigenvalue weighted by Crippen LogP contribution is 2.39. The second-order valence-corrected chi connectivity index (χ2v) is 7.13. The molecule has 1 aliphatic rings. The minimum Gasteiger partial charge on any atom is -0.385 e. The molecule has 1 saturated carbocycles. The van der Waals surface area contributed by atoms with Crippen LogP contribution in [-0.4, -0.2) is 30.0 Å². The highest BCUT2D eigenvalue weighted by molar-refractivity contribution is 8.00. The molecule has 2 rings (SSSR count). The molecule has 1 fully saturated rings. The van der Waals surface area contributed by atoms with Crippen LogP contribution in [0.2, 0.25) is 0 Å². The molecule has 0 saturated heterocycles. The van der Waals surface area contributed by atoms with Crippen molar-refractivity contribution in [3.63, 3.8) is 0 Å². The standard InChI is InChI=1S/C17H26N2OS/c1-4-18-15-11-13(2)7-8-14(15)16(20)19-12-17(21-3)9-5-6-10-17/h7-8,11,18H,4-6,9-10,12H2,1-3H3,(H,19,20). The number of carbonyl (C=O) groups is 1. The third-order valence-electron chi connectivity index (χ3n) is 4.31. The van der Waals surface area contributed by atoms with Crippen LogP contribution < -0.4 is 10.6 Å². The van der Waals surface area contributed by atoms with Gasteiger partial charge in [0.2, 0.25) is 0 Å².